The maximum atomic E-state index is 13.9. The number of allylic oxidation sites excluding steroid dienone is 1. The molecule has 0 bridgehead atoms. The van der Waals surface area contributed by atoms with Gasteiger partial charge in [0.2, 0.25) is 0 Å². The summed E-state index contributed by atoms with van der Waals surface area (Å²) in [7, 11) is 1.56. The minimum Gasteiger partial charge on any atom is -0.493 e. The van der Waals surface area contributed by atoms with Crippen LogP contribution < -0.4 is 24.4 Å². The lowest BCUT2D eigenvalue weighted by atomic mass is 9.96. The lowest BCUT2D eigenvalue weighted by Crippen LogP contribution is -2.39. The third kappa shape index (κ3) is 6.13. The van der Waals surface area contributed by atoms with E-state index >= 15 is 0 Å². The number of aromatic nitrogens is 1. The average Bonchev–Trinajstić information content (AvgIpc) is 3.26. The highest BCUT2D eigenvalue weighted by atomic mass is 79.9. The van der Waals surface area contributed by atoms with Crippen LogP contribution in [0, 0.1) is 0 Å². The second kappa shape index (κ2) is 13.0. The second-order valence-electron chi connectivity index (χ2n) is 9.27. The van der Waals surface area contributed by atoms with Crippen LogP contribution >= 0.6 is 54.8 Å². The van der Waals surface area contributed by atoms with E-state index in [-0.39, 0.29) is 18.8 Å². The predicted molar refractivity (Wildman–Crippen MR) is 171 cm³/mol. The van der Waals surface area contributed by atoms with Crippen molar-refractivity contribution in [1.29, 1.82) is 0 Å². The largest absolute Gasteiger partial charge is 0.493 e. The Bertz CT molecular complexity index is 1880. The van der Waals surface area contributed by atoms with Gasteiger partial charge in [-0.05, 0) is 77.3 Å². The van der Waals surface area contributed by atoms with Gasteiger partial charge in [-0.15, -0.1) is 0 Å². The summed E-state index contributed by atoms with van der Waals surface area (Å²) in [5.74, 6) is 0.506. The zero-order chi connectivity index (χ0) is 30.0. The maximum Gasteiger partial charge on any atom is 0.338 e. The summed E-state index contributed by atoms with van der Waals surface area (Å²) in [5.41, 5.74) is 2.91. The highest BCUT2D eigenvalue weighted by Gasteiger charge is 2.33. The summed E-state index contributed by atoms with van der Waals surface area (Å²) in [6, 6.07) is 18.0. The first-order valence-electron chi connectivity index (χ1n) is 12.9. The molecule has 0 aliphatic carbocycles. The number of hydrogen-bond donors (Lipinski definition) is 0. The van der Waals surface area contributed by atoms with Crippen LogP contribution in [0.5, 0.6) is 11.5 Å². The topological polar surface area (TPSA) is 79.1 Å². The van der Waals surface area contributed by atoms with E-state index in [1.807, 2.05) is 54.6 Å². The van der Waals surface area contributed by atoms with Gasteiger partial charge in [0.05, 0.1) is 40.0 Å². The minimum atomic E-state index is -0.683. The van der Waals surface area contributed by atoms with E-state index in [9.17, 15) is 9.59 Å². The Morgan fingerprint density at radius 2 is 1.88 bits per heavy atom. The van der Waals surface area contributed by atoms with Crippen molar-refractivity contribution in [3.8, 4) is 11.5 Å². The first kappa shape index (κ1) is 30.3. The van der Waals surface area contributed by atoms with Gasteiger partial charge in [-0.2, -0.15) is 0 Å². The van der Waals surface area contributed by atoms with E-state index in [4.69, 9.17) is 25.8 Å². The summed E-state index contributed by atoms with van der Waals surface area (Å²) in [6.07, 6.45) is 1.77. The zero-order valence-electron chi connectivity index (χ0n) is 22.8. The Morgan fingerprint density at radius 1 is 1.14 bits per heavy atom. The molecule has 0 saturated carbocycles. The van der Waals surface area contributed by atoms with Gasteiger partial charge in [0.15, 0.2) is 16.3 Å². The molecule has 0 N–H and O–H groups in total. The molecule has 0 saturated heterocycles. The van der Waals surface area contributed by atoms with Crippen LogP contribution in [0.4, 0.5) is 0 Å². The van der Waals surface area contributed by atoms with E-state index in [0.29, 0.717) is 41.6 Å². The number of hydrogen-bond acceptors (Lipinski definition) is 7. The van der Waals surface area contributed by atoms with Crippen LogP contribution in [0.1, 0.15) is 36.6 Å². The van der Waals surface area contributed by atoms with E-state index in [1.54, 1.807) is 37.7 Å². The molecule has 2 heterocycles. The zero-order valence-corrected chi connectivity index (χ0v) is 27.6. The normalized spacial score (nSPS) is 14.8. The Hall–Kier alpha value is -3.18. The Kier molecular flexibility index (Phi) is 9.37. The molecule has 1 aliphatic rings. The number of ether oxygens (including phenoxy) is 3. The van der Waals surface area contributed by atoms with Gasteiger partial charge in [0, 0.05) is 15.1 Å². The van der Waals surface area contributed by atoms with Gasteiger partial charge in [-0.25, -0.2) is 9.79 Å². The standard InChI is InChI=1S/C31H25Br2ClN2O5S/c1-4-40-30(38)26-17(2)35-31-36(27(26)19-9-11-21(32)12-10-19)29(37)25(42-31)15-18-13-22(33)28(24(14-18)39-3)41-16-20-7-5-6-8-23(20)34/h5-15,27H,4,16H2,1-3H3/b25-15-/t27-/m0/s1. The molecule has 1 aliphatic heterocycles. The van der Waals surface area contributed by atoms with Gasteiger partial charge in [0.1, 0.15) is 6.61 Å². The molecule has 1 atom stereocenters. The average molecular weight is 733 g/mol. The SMILES string of the molecule is CCOC(=O)C1=C(C)N=c2s/c(=C\c3cc(Br)c(OCc4ccccc4Cl)c(OC)c3)c(=O)n2[C@H]1c1ccc(Br)cc1. The number of methoxy groups -OCH3 is 1. The van der Waals surface area contributed by atoms with Crippen molar-refractivity contribution in [1.82, 2.24) is 4.57 Å². The molecule has 3 aromatic carbocycles. The molecule has 0 fully saturated rings. The molecule has 7 nitrogen and oxygen atoms in total. The fourth-order valence-electron chi connectivity index (χ4n) is 4.63. The van der Waals surface area contributed by atoms with Crippen LogP contribution in [0.25, 0.3) is 6.08 Å². The van der Waals surface area contributed by atoms with E-state index in [0.717, 1.165) is 21.2 Å². The molecule has 4 aromatic rings. The molecular formula is C31H25Br2ClN2O5S. The van der Waals surface area contributed by atoms with Crippen molar-refractivity contribution in [3.05, 3.63) is 122 Å². The number of carbonyl (C=O) groups excluding carboxylic acids is 1. The molecule has 42 heavy (non-hydrogen) atoms. The fraction of sp³-hybridized carbons (Fsp3) is 0.194. The van der Waals surface area contributed by atoms with Gasteiger partial charge in [-0.3, -0.25) is 9.36 Å². The summed E-state index contributed by atoms with van der Waals surface area (Å²) in [4.78, 5) is 32.1. The van der Waals surface area contributed by atoms with Crippen molar-refractivity contribution in [3.63, 3.8) is 0 Å². The molecule has 0 radical (unpaired) electrons. The Labute approximate surface area is 268 Å². The van der Waals surface area contributed by atoms with E-state index in [1.165, 1.54) is 11.3 Å². The van der Waals surface area contributed by atoms with Crippen molar-refractivity contribution < 1.29 is 19.0 Å². The molecule has 1 aromatic heterocycles. The quantitative estimate of drug-likeness (QED) is 0.192. The number of rotatable bonds is 8. The van der Waals surface area contributed by atoms with Gasteiger partial charge >= 0.3 is 5.97 Å². The van der Waals surface area contributed by atoms with E-state index in [2.05, 4.69) is 36.9 Å². The molecule has 0 unspecified atom stereocenters. The van der Waals surface area contributed by atoms with Crippen molar-refractivity contribution in [2.75, 3.05) is 13.7 Å². The Morgan fingerprint density at radius 3 is 2.57 bits per heavy atom. The van der Waals surface area contributed by atoms with Crippen LogP contribution in [0.2, 0.25) is 5.02 Å². The van der Waals surface area contributed by atoms with Gasteiger partial charge in [-0.1, -0.05) is 69.2 Å². The molecule has 0 amide bonds. The molecular weight excluding hydrogens is 708 g/mol. The first-order valence-corrected chi connectivity index (χ1v) is 15.7. The first-order chi connectivity index (χ1) is 20.2. The van der Waals surface area contributed by atoms with Crippen LogP contribution in [0.3, 0.4) is 0 Å². The Balaban J connectivity index is 1.58. The minimum absolute atomic E-state index is 0.210. The lowest BCUT2D eigenvalue weighted by Gasteiger charge is -2.24. The smallest absolute Gasteiger partial charge is 0.338 e. The number of nitrogens with zero attached hydrogens (tertiary/aromatic N) is 2. The van der Waals surface area contributed by atoms with Crippen LogP contribution in [-0.4, -0.2) is 24.3 Å². The summed E-state index contributed by atoms with van der Waals surface area (Å²) >= 11 is 14.6. The highest BCUT2D eigenvalue weighted by Crippen LogP contribution is 2.38. The van der Waals surface area contributed by atoms with Crippen molar-refractivity contribution in [2.24, 2.45) is 4.99 Å². The summed E-state index contributed by atoms with van der Waals surface area (Å²) in [6.45, 7) is 3.97. The van der Waals surface area contributed by atoms with Crippen molar-refractivity contribution in [2.45, 2.75) is 26.5 Å². The number of fused-ring (bicyclic) bond motifs is 1. The predicted octanol–water partition coefficient (Wildman–Crippen LogP) is 6.56. The molecule has 11 heteroatoms. The number of benzene rings is 3. The second-order valence-corrected chi connectivity index (χ2v) is 12.5. The third-order valence-corrected chi connectivity index (χ3v) is 9.05. The van der Waals surface area contributed by atoms with Crippen LogP contribution in [-0.2, 0) is 16.1 Å². The summed E-state index contributed by atoms with van der Waals surface area (Å²) in [5, 5.41) is 0.613. The number of esters is 1. The third-order valence-electron chi connectivity index (χ3n) is 6.58. The van der Waals surface area contributed by atoms with Gasteiger partial charge < -0.3 is 14.2 Å². The van der Waals surface area contributed by atoms with Crippen molar-refractivity contribution >= 4 is 66.8 Å². The molecule has 5 rings (SSSR count). The lowest BCUT2D eigenvalue weighted by molar-refractivity contribution is -0.139. The number of halogens is 3. The maximum absolute atomic E-state index is 13.9. The number of carbonyl (C=O) groups is 1. The number of thiazole rings is 1. The van der Waals surface area contributed by atoms with Gasteiger partial charge in [0.25, 0.3) is 5.56 Å². The fourth-order valence-corrected chi connectivity index (χ4v) is 6.71. The highest BCUT2D eigenvalue weighted by molar-refractivity contribution is 9.10. The molecule has 216 valence electrons. The summed E-state index contributed by atoms with van der Waals surface area (Å²) < 4.78 is 20.6. The van der Waals surface area contributed by atoms with E-state index < -0.39 is 12.0 Å². The monoisotopic (exact) mass is 730 g/mol. The van der Waals surface area contributed by atoms with Crippen LogP contribution in [0.15, 0.2) is 90.7 Å². The molecule has 0 spiro atoms.